The lowest BCUT2D eigenvalue weighted by Crippen LogP contribution is -2.47. The van der Waals surface area contributed by atoms with Crippen LogP contribution in [0.1, 0.15) is 39.0 Å². The van der Waals surface area contributed by atoms with E-state index in [9.17, 15) is 14.7 Å². The summed E-state index contributed by atoms with van der Waals surface area (Å²) in [5.41, 5.74) is 0.828. The Balaban J connectivity index is 1.67. The molecule has 0 aromatic heterocycles. The second kappa shape index (κ2) is 8.13. The Bertz CT molecular complexity index is 631. The van der Waals surface area contributed by atoms with E-state index in [0.717, 1.165) is 10.6 Å². The number of benzene rings is 1. The number of rotatable bonds is 4. The normalized spacial score (nSPS) is 24.3. The number of carbonyl (C=O) groups is 2. The number of amides is 2. The molecule has 2 unspecified atom stereocenters. The van der Waals surface area contributed by atoms with E-state index < -0.39 is 11.9 Å². The summed E-state index contributed by atoms with van der Waals surface area (Å²) in [6.07, 6.45) is 5.67. The molecule has 1 aliphatic heterocycles. The molecule has 2 atom stereocenters. The first kappa shape index (κ1) is 18.1. The van der Waals surface area contributed by atoms with Gasteiger partial charge in [-0.3, -0.25) is 4.79 Å². The molecule has 0 bridgehead atoms. The van der Waals surface area contributed by atoms with Gasteiger partial charge in [-0.25, -0.2) is 4.79 Å². The van der Waals surface area contributed by atoms with Crippen molar-refractivity contribution in [3.63, 3.8) is 0 Å². The summed E-state index contributed by atoms with van der Waals surface area (Å²) in [5, 5.41) is 12.9. The summed E-state index contributed by atoms with van der Waals surface area (Å²) in [5.74, 6) is -1.09. The van der Waals surface area contributed by atoms with Crippen LogP contribution in [0.4, 0.5) is 10.5 Å². The number of piperidine rings is 1. The van der Waals surface area contributed by atoms with Gasteiger partial charge >= 0.3 is 12.0 Å². The SMILES string of the molecule is CC1CC(C(=O)O)CN(C(=O)Nc2ccccc2SC2CCCC2)C1. The van der Waals surface area contributed by atoms with Gasteiger partial charge in [0.1, 0.15) is 0 Å². The molecule has 3 rings (SSSR count). The van der Waals surface area contributed by atoms with Crippen LogP contribution in [0, 0.1) is 11.8 Å². The quantitative estimate of drug-likeness (QED) is 0.838. The van der Waals surface area contributed by atoms with Gasteiger partial charge in [0.05, 0.1) is 11.6 Å². The standard InChI is InChI=1S/C19H26N2O3S/c1-13-10-14(18(22)23)12-21(11-13)19(24)20-16-8-4-5-9-17(16)25-15-6-2-3-7-15/h4-5,8-9,13-15H,2-3,6-7,10-12H2,1H3,(H,20,24)(H,22,23). The van der Waals surface area contributed by atoms with Crippen LogP contribution in [0.3, 0.4) is 0 Å². The topological polar surface area (TPSA) is 69.6 Å². The molecular weight excluding hydrogens is 336 g/mol. The van der Waals surface area contributed by atoms with Crippen molar-refractivity contribution in [3.8, 4) is 0 Å². The van der Waals surface area contributed by atoms with Crippen LogP contribution < -0.4 is 5.32 Å². The second-order valence-electron chi connectivity index (χ2n) is 7.23. The number of carboxylic acid groups (broad SMARTS) is 1. The average molecular weight is 362 g/mol. The summed E-state index contributed by atoms with van der Waals surface area (Å²) >= 11 is 1.85. The fourth-order valence-corrected chi connectivity index (χ4v) is 5.08. The Morgan fingerprint density at radius 2 is 1.92 bits per heavy atom. The van der Waals surface area contributed by atoms with Crippen LogP contribution >= 0.6 is 11.8 Å². The highest BCUT2D eigenvalue weighted by Gasteiger charge is 2.32. The molecule has 1 aromatic carbocycles. The number of carboxylic acids is 1. The highest BCUT2D eigenvalue weighted by atomic mass is 32.2. The van der Waals surface area contributed by atoms with Crippen molar-refractivity contribution in [2.24, 2.45) is 11.8 Å². The van der Waals surface area contributed by atoms with Crippen molar-refractivity contribution in [1.29, 1.82) is 0 Å². The van der Waals surface area contributed by atoms with E-state index in [2.05, 4.69) is 11.4 Å². The lowest BCUT2D eigenvalue weighted by Gasteiger charge is -2.34. The van der Waals surface area contributed by atoms with E-state index in [-0.39, 0.29) is 18.5 Å². The molecule has 1 aromatic rings. The molecule has 2 N–H and O–H groups in total. The first-order chi connectivity index (χ1) is 12.0. The number of aliphatic carboxylic acids is 1. The second-order valence-corrected chi connectivity index (χ2v) is 8.57. The van der Waals surface area contributed by atoms with Gasteiger partial charge in [-0.1, -0.05) is 31.9 Å². The first-order valence-electron chi connectivity index (χ1n) is 9.07. The van der Waals surface area contributed by atoms with E-state index in [4.69, 9.17) is 0 Å². The number of likely N-dealkylation sites (tertiary alicyclic amines) is 1. The fraction of sp³-hybridized carbons (Fsp3) is 0.579. The number of urea groups is 1. The van der Waals surface area contributed by atoms with Crippen LogP contribution in [-0.2, 0) is 4.79 Å². The maximum absolute atomic E-state index is 12.7. The van der Waals surface area contributed by atoms with Crippen molar-refractivity contribution in [2.75, 3.05) is 18.4 Å². The molecule has 5 nitrogen and oxygen atoms in total. The third kappa shape index (κ3) is 4.69. The van der Waals surface area contributed by atoms with Crippen LogP contribution in [0.15, 0.2) is 29.2 Å². The molecule has 1 heterocycles. The minimum absolute atomic E-state index is 0.197. The fourth-order valence-electron chi connectivity index (χ4n) is 3.75. The van der Waals surface area contributed by atoms with Crippen LogP contribution in [0.25, 0.3) is 0 Å². The number of hydrogen-bond donors (Lipinski definition) is 2. The highest BCUT2D eigenvalue weighted by molar-refractivity contribution is 8.00. The number of nitrogens with zero attached hydrogens (tertiary/aromatic N) is 1. The number of anilines is 1. The van der Waals surface area contributed by atoms with Crippen LogP contribution in [-0.4, -0.2) is 40.3 Å². The molecule has 25 heavy (non-hydrogen) atoms. The lowest BCUT2D eigenvalue weighted by atomic mass is 9.91. The summed E-state index contributed by atoms with van der Waals surface area (Å²) in [4.78, 5) is 26.7. The Labute approximate surface area is 153 Å². The van der Waals surface area contributed by atoms with E-state index in [0.29, 0.717) is 18.2 Å². The molecule has 0 radical (unpaired) electrons. The number of thioether (sulfide) groups is 1. The number of hydrogen-bond acceptors (Lipinski definition) is 3. The van der Waals surface area contributed by atoms with Gasteiger partial charge in [0.15, 0.2) is 0 Å². The summed E-state index contributed by atoms with van der Waals surface area (Å²) in [7, 11) is 0. The maximum atomic E-state index is 12.7. The van der Waals surface area contributed by atoms with Gasteiger partial charge in [-0.2, -0.15) is 0 Å². The largest absolute Gasteiger partial charge is 0.481 e. The third-order valence-corrected chi connectivity index (χ3v) is 6.44. The number of nitrogens with one attached hydrogen (secondary N) is 1. The molecule has 2 amide bonds. The molecule has 1 saturated heterocycles. The Morgan fingerprint density at radius 3 is 2.64 bits per heavy atom. The minimum atomic E-state index is -0.818. The highest BCUT2D eigenvalue weighted by Crippen LogP contribution is 2.38. The monoisotopic (exact) mass is 362 g/mol. The van der Waals surface area contributed by atoms with Crippen molar-refractivity contribution < 1.29 is 14.7 Å². The predicted octanol–water partition coefficient (Wildman–Crippen LogP) is 4.30. The Kier molecular flexibility index (Phi) is 5.89. The van der Waals surface area contributed by atoms with Gasteiger partial charge in [0.2, 0.25) is 0 Å². The van der Waals surface area contributed by atoms with Crippen LogP contribution in [0.2, 0.25) is 0 Å². The zero-order valence-electron chi connectivity index (χ0n) is 14.6. The van der Waals surface area contributed by atoms with Crippen molar-refractivity contribution in [3.05, 3.63) is 24.3 Å². The molecular formula is C19H26N2O3S. The zero-order chi connectivity index (χ0) is 17.8. The molecule has 136 valence electrons. The third-order valence-electron chi connectivity index (χ3n) is 5.02. The number of para-hydroxylation sites is 1. The summed E-state index contributed by atoms with van der Waals surface area (Å²) in [6, 6.07) is 7.70. The zero-order valence-corrected chi connectivity index (χ0v) is 15.4. The Hall–Kier alpha value is -1.69. The Morgan fingerprint density at radius 1 is 1.20 bits per heavy atom. The van der Waals surface area contributed by atoms with Crippen molar-refractivity contribution in [2.45, 2.75) is 49.2 Å². The maximum Gasteiger partial charge on any atom is 0.321 e. The minimum Gasteiger partial charge on any atom is -0.481 e. The average Bonchev–Trinajstić information content (AvgIpc) is 3.09. The summed E-state index contributed by atoms with van der Waals surface area (Å²) < 4.78 is 0. The molecule has 1 aliphatic carbocycles. The predicted molar refractivity (Wildman–Crippen MR) is 100 cm³/mol. The van der Waals surface area contributed by atoms with Crippen molar-refractivity contribution >= 4 is 29.4 Å². The van der Waals surface area contributed by atoms with E-state index in [1.54, 1.807) is 4.90 Å². The van der Waals surface area contributed by atoms with Gasteiger partial charge < -0.3 is 15.3 Å². The smallest absolute Gasteiger partial charge is 0.321 e. The van der Waals surface area contributed by atoms with Gasteiger partial charge in [0.25, 0.3) is 0 Å². The molecule has 6 heteroatoms. The van der Waals surface area contributed by atoms with Crippen molar-refractivity contribution in [1.82, 2.24) is 4.90 Å². The van der Waals surface area contributed by atoms with Gasteiger partial charge in [-0.15, -0.1) is 11.8 Å². The van der Waals surface area contributed by atoms with E-state index >= 15 is 0 Å². The summed E-state index contributed by atoms with van der Waals surface area (Å²) in [6.45, 7) is 2.89. The van der Waals surface area contributed by atoms with E-state index in [1.807, 2.05) is 36.9 Å². The molecule has 0 spiro atoms. The van der Waals surface area contributed by atoms with Gasteiger partial charge in [-0.05, 0) is 37.3 Å². The first-order valence-corrected chi connectivity index (χ1v) is 9.95. The lowest BCUT2D eigenvalue weighted by molar-refractivity contribution is -0.143. The molecule has 2 aliphatic rings. The van der Waals surface area contributed by atoms with E-state index in [1.165, 1.54) is 25.7 Å². The molecule has 2 fully saturated rings. The number of carbonyl (C=O) groups excluding carboxylic acids is 1. The van der Waals surface area contributed by atoms with Gasteiger partial charge in [0, 0.05) is 23.2 Å². The van der Waals surface area contributed by atoms with Crippen LogP contribution in [0.5, 0.6) is 0 Å². The molecule has 1 saturated carbocycles.